The molecule has 1 atom stereocenters. The molecule has 0 aromatic heterocycles. The largest absolute Gasteiger partial charge is 0.450 e. The Morgan fingerprint density at radius 3 is 2.08 bits per heavy atom. The fourth-order valence-corrected chi connectivity index (χ4v) is 11.9. The lowest BCUT2D eigenvalue weighted by Crippen LogP contribution is -2.50. The summed E-state index contributed by atoms with van der Waals surface area (Å²) in [5.41, 5.74) is 0.614. The fraction of sp³-hybridized carbons (Fsp3) is 0.862. The molecule has 9 heteroatoms. The third kappa shape index (κ3) is 11.0. The van der Waals surface area contributed by atoms with E-state index in [1.54, 1.807) is 4.90 Å². The summed E-state index contributed by atoms with van der Waals surface area (Å²) >= 11 is 0. The molecule has 1 rings (SSSR count). The van der Waals surface area contributed by atoms with Crippen LogP contribution in [0.2, 0.25) is 42.3 Å². The van der Waals surface area contributed by atoms with Gasteiger partial charge in [0.2, 0.25) is 0 Å². The van der Waals surface area contributed by atoms with Crippen LogP contribution in [0.15, 0.2) is 12.2 Å². The maximum Gasteiger partial charge on any atom is 0.410 e. The van der Waals surface area contributed by atoms with Crippen molar-refractivity contribution in [2.75, 3.05) is 32.8 Å². The lowest BCUT2D eigenvalue weighted by molar-refractivity contribution is 0.0185. The molecular weight excluding hydrogens is 513 g/mol. The Morgan fingerprint density at radius 1 is 1.00 bits per heavy atom. The van der Waals surface area contributed by atoms with Crippen LogP contribution in [0, 0.1) is 5.41 Å². The van der Waals surface area contributed by atoms with Gasteiger partial charge >= 0.3 is 12.2 Å². The van der Waals surface area contributed by atoms with Crippen LogP contribution in [-0.2, 0) is 13.9 Å². The van der Waals surface area contributed by atoms with Crippen molar-refractivity contribution in [3.05, 3.63) is 12.2 Å². The first kappa shape index (κ1) is 34.7. The molecule has 1 N–H and O–H groups in total. The van der Waals surface area contributed by atoms with Gasteiger partial charge < -0.3 is 24.1 Å². The molecule has 7 nitrogen and oxygen atoms in total. The molecule has 0 saturated carbocycles. The molecule has 0 aromatic rings. The van der Waals surface area contributed by atoms with Crippen molar-refractivity contribution in [1.29, 1.82) is 0 Å². The van der Waals surface area contributed by atoms with Gasteiger partial charge in [0.25, 0.3) is 0 Å². The number of alkyl carbamates (subject to hydrolysis) is 1. The second kappa shape index (κ2) is 14.3. The average molecular weight is 571 g/mol. The molecule has 222 valence electrons. The Bertz CT molecular complexity index is 765. The minimum Gasteiger partial charge on any atom is -0.450 e. The molecule has 0 bridgehead atoms. The second-order valence-electron chi connectivity index (χ2n) is 14.2. The van der Waals surface area contributed by atoms with E-state index < -0.39 is 33.5 Å². The highest BCUT2D eigenvalue weighted by molar-refractivity contribution is 6.77. The van der Waals surface area contributed by atoms with Crippen LogP contribution in [0.4, 0.5) is 9.59 Å². The molecule has 0 radical (unpaired) electrons. The number of hydrogen-bond acceptors (Lipinski definition) is 5. The molecule has 1 aliphatic heterocycles. The van der Waals surface area contributed by atoms with E-state index in [0.717, 1.165) is 18.9 Å². The number of nitrogens with zero attached hydrogens (tertiary/aromatic N) is 1. The molecule has 0 aromatic carbocycles. The number of amides is 2. The summed E-state index contributed by atoms with van der Waals surface area (Å²) in [7, 11) is -3.24. The molecule has 0 saturated heterocycles. The summed E-state index contributed by atoms with van der Waals surface area (Å²) in [6, 6.07) is 0.933. The van der Waals surface area contributed by atoms with Gasteiger partial charge in [0, 0.05) is 39.7 Å². The highest BCUT2D eigenvalue weighted by atomic mass is 28.4. The van der Waals surface area contributed by atoms with Crippen molar-refractivity contribution in [2.24, 2.45) is 5.41 Å². The van der Waals surface area contributed by atoms with Gasteiger partial charge in [0.1, 0.15) is 5.60 Å². The van der Waals surface area contributed by atoms with Crippen molar-refractivity contribution >= 4 is 28.6 Å². The van der Waals surface area contributed by atoms with Gasteiger partial charge in [0.15, 0.2) is 8.32 Å². The third-order valence-corrected chi connectivity index (χ3v) is 15.3. The standard InChI is InChI=1S/C29H58N2O5Si2/c1-23(2)38(24(3)4,25(5)6)35-18-14-16-29(21-30-26(32)34-19-20-37(10,11)12)15-13-17-31(22-29)27(33)36-28(7,8)9/h13,15,23-25H,14,16-22H2,1-12H3,(H,30,32)/t29-/m1/s1. The van der Waals surface area contributed by atoms with Gasteiger partial charge in [-0.2, -0.15) is 0 Å². The summed E-state index contributed by atoms with van der Waals surface area (Å²) < 4.78 is 17.9. The van der Waals surface area contributed by atoms with Gasteiger partial charge in [-0.15, -0.1) is 0 Å². The van der Waals surface area contributed by atoms with Gasteiger partial charge in [0.05, 0.1) is 6.61 Å². The normalized spacial score (nSPS) is 18.9. The van der Waals surface area contributed by atoms with Crippen molar-refractivity contribution in [3.8, 4) is 0 Å². The molecule has 0 aliphatic carbocycles. The average Bonchev–Trinajstić information content (AvgIpc) is 2.75. The van der Waals surface area contributed by atoms with Crippen LogP contribution in [0.1, 0.15) is 75.2 Å². The Balaban J connectivity index is 2.96. The highest BCUT2D eigenvalue weighted by Gasteiger charge is 2.45. The second-order valence-corrected chi connectivity index (χ2v) is 25.3. The van der Waals surface area contributed by atoms with E-state index in [4.69, 9.17) is 13.9 Å². The first-order valence-electron chi connectivity index (χ1n) is 14.5. The maximum absolute atomic E-state index is 12.9. The maximum atomic E-state index is 12.9. The van der Waals surface area contributed by atoms with Crippen LogP contribution in [-0.4, -0.2) is 71.9 Å². The minimum atomic E-state index is -1.95. The fourth-order valence-electron chi connectivity index (χ4n) is 5.68. The van der Waals surface area contributed by atoms with Gasteiger partial charge in [-0.25, -0.2) is 9.59 Å². The zero-order valence-corrected chi connectivity index (χ0v) is 28.5. The summed E-state index contributed by atoms with van der Waals surface area (Å²) in [6.07, 6.45) is 5.09. The third-order valence-electron chi connectivity index (χ3n) is 7.50. The summed E-state index contributed by atoms with van der Waals surface area (Å²) in [5, 5.41) is 2.99. The Morgan fingerprint density at radius 2 is 1.58 bits per heavy atom. The quantitative estimate of drug-likeness (QED) is 0.139. The van der Waals surface area contributed by atoms with E-state index in [0.29, 0.717) is 49.5 Å². The number of rotatable bonds is 13. The Labute approximate surface area is 235 Å². The molecular formula is C29H58N2O5Si2. The van der Waals surface area contributed by atoms with E-state index >= 15 is 0 Å². The summed E-state index contributed by atoms with van der Waals surface area (Å²) in [5.74, 6) is 0. The van der Waals surface area contributed by atoms with Crippen LogP contribution >= 0.6 is 0 Å². The van der Waals surface area contributed by atoms with Gasteiger partial charge in [-0.05, 0) is 56.3 Å². The van der Waals surface area contributed by atoms with Gasteiger partial charge in [-0.1, -0.05) is 73.3 Å². The van der Waals surface area contributed by atoms with Gasteiger partial charge in [-0.3, -0.25) is 0 Å². The van der Waals surface area contributed by atoms with Crippen molar-refractivity contribution in [2.45, 2.75) is 123 Å². The van der Waals surface area contributed by atoms with E-state index in [9.17, 15) is 9.59 Å². The number of carbonyl (C=O) groups excluding carboxylic acids is 2. The summed E-state index contributed by atoms with van der Waals surface area (Å²) in [6.45, 7) is 28.7. The zero-order valence-electron chi connectivity index (χ0n) is 26.5. The monoisotopic (exact) mass is 570 g/mol. The predicted octanol–water partition coefficient (Wildman–Crippen LogP) is 7.82. The molecule has 38 heavy (non-hydrogen) atoms. The van der Waals surface area contributed by atoms with Crippen LogP contribution in [0.3, 0.4) is 0 Å². The van der Waals surface area contributed by atoms with Crippen molar-refractivity contribution < 1.29 is 23.5 Å². The molecule has 1 aliphatic rings. The number of nitrogens with one attached hydrogen (secondary N) is 1. The molecule has 1 heterocycles. The number of hydrogen-bond donors (Lipinski definition) is 1. The Hall–Kier alpha value is -1.33. The zero-order chi connectivity index (χ0) is 29.4. The van der Waals surface area contributed by atoms with Crippen molar-refractivity contribution in [3.63, 3.8) is 0 Å². The van der Waals surface area contributed by atoms with Crippen LogP contribution < -0.4 is 5.32 Å². The summed E-state index contributed by atoms with van der Waals surface area (Å²) in [4.78, 5) is 27.2. The molecule has 0 spiro atoms. The van der Waals surface area contributed by atoms with E-state index in [1.807, 2.05) is 26.8 Å². The van der Waals surface area contributed by atoms with Crippen LogP contribution in [0.5, 0.6) is 0 Å². The van der Waals surface area contributed by atoms with E-state index in [2.05, 4.69) is 72.6 Å². The lowest BCUT2D eigenvalue weighted by atomic mass is 9.80. The topological polar surface area (TPSA) is 77.1 Å². The van der Waals surface area contributed by atoms with E-state index in [1.165, 1.54) is 0 Å². The van der Waals surface area contributed by atoms with Crippen LogP contribution in [0.25, 0.3) is 0 Å². The lowest BCUT2D eigenvalue weighted by Gasteiger charge is -2.43. The number of carbonyl (C=O) groups is 2. The molecule has 0 fully saturated rings. The molecule has 0 unspecified atom stereocenters. The highest BCUT2D eigenvalue weighted by Crippen LogP contribution is 2.42. The SMILES string of the molecule is CC(C)[Si](OCCC[C@@]1(CNC(=O)OCC[Si](C)(C)C)C=CCN(C(=O)OC(C)(C)C)C1)(C(C)C)C(C)C. The number of ether oxygens (including phenoxy) is 2. The Kier molecular flexibility index (Phi) is 13.1. The predicted molar refractivity (Wildman–Crippen MR) is 163 cm³/mol. The van der Waals surface area contributed by atoms with E-state index in [-0.39, 0.29) is 6.09 Å². The first-order valence-corrected chi connectivity index (χ1v) is 20.4. The smallest absolute Gasteiger partial charge is 0.410 e. The van der Waals surface area contributed by atoms with Crippen molar-refractivity contribution in [1.82, 2.24) is 10.2 Å². The minimum absolute atomic E-state index is 0.328. The first-order chi connectivity index (χ1) is 17.3. The molecule has 2 amide bonds.